The summed E-state index contributed by atoms with van der Waals surface area (Å²) in [5.74, 6) is 0. The van der Waals surface area contributed by atoms with Gasteiger partial charge >= 0.3 is 0 Å². The van der Waals surface area contributed by atoms with Crippen molar-refractivity contribution in [3.63, 3.8) is 0 Å². The van der Waals surface area contributed by atoms with Gasteiger partial charge in [0.2, 0.25) is 0 Å². The third-order valence-electron chi connectivity index (χ3n) is 2.38. The Morgan fingerprint density at radius 2 is 2.08 bits per heavy atom. The summed E-state index contributed by atoms with van der Waals surface area (Å²) in [4.78, 5) is 0. The lowest BCUT2D eigenvalue weighted by atomic mass is 10.1. The van der Waals surface area contributed by atoms with E-state index in [9.17, 15) is 0 Å². The zero-order chi connectivity index (χ0) is 9.42. The summed E-state index contributed by atoms with van der Waals surface area (Å²) in [6.45, 7) is 4.21. The summed E-state index contributed by atoms with van der Waals surface area (Å²) in [5.41, 5.74) is 2.59. The van der Waals surface area contributed by atoms with Crippen molar-refractivity contribution in [1.29, 1.82) is 0 Å². The molecule has 1 nitrogen and oxygen atoms in total. The molecule has 0 N–H and O–H groups in total. The highest BCUT2D eigenvalue weighted by atomic mass is 32.1. The summed E-state index contributed by atoms with van der Waals surface area (Å²) in [5, 5.41) is 1.56. The molecule has 1 atom stereocenters. The molecular weight excluding hydrogens is 178 g/mol. The van der Waals surface area contributed by atoms with Gasteiger partial charge in [-0.15, -0.1) is 0 Å². The van der Waals surface area contributed by atoms with Crippen LogP contribution in [0.3, 0.4) is 0 Å². The van der Waals surface area contributed by atoms with E-state index in [0.717, 1.165) is 0 Å². The first-order valence-corrected chi connectivity index (χ1v) is 4.96. The monoisotopic (exact) mass is 191 g/mol. The van der Waals surface area contributed by atoms with E-state index in [-0.39, 0.29) is 5.37 Å². The molecule has 13 heavy (non-hydrogen) atoms. The van der Waals surface area contributed by atoms with E-state index < -0.39 is 0 Å². The molecule has 0 aliphatic heterocycles. The first-order valence-electron chi connectivity index (χ1n) is 4.44. The normalized spacial score (nSPS) is 13.5. The van der Waals surface area contributed by atoms with Gasteiger partial charge in [-0.1, -0.05) is 12.1 Å². The minimum atomic E-state index is 0.235. The van der Waals surface area contributed by atoms with Crippen molar-refractivity contribution < 1.29 is 0 Å². The van der Waals surface area contributed by atoms with Gasteiger partial charge in [0, 0.05) is 17.1 Å². The van der Waals surface area contributed by atoms with Crippen LogP contribution in [0.25, 0.3) is 10.9 Å². The number of fused-ring (bicyclic) bond motifs is 1. The lowest BCUT2D eigenvalue weighted by Gasteiger charge is -2.08. The van der Waals surface area contributed by atoms with Crippen LogP contribution in [-0.4, -0.2) is 4.57 Å². The molecule has 1 heterocycles. The van der Waals surface area contributed by atoms with E-state index in [1.807, 2.05) is 0 Å². The van der Waals surface area contributed by atoms with Crippen molar-refractivity contribution in [1.82, 2.24) is 4.57 Å². The van der Waals surface area contributed by atoms with Crippen LogP contribution >= 0.6 is 12.6 Å². The number of nitrogens with zero attached hydrogens (tertiary/aromatic N) is 1. The van der Waals surface area contributed by atoms with Crippen LogP contribution in [0.15, 0.2) is 30.5 Å². The molecule has 2 heteroatoms. The van der Waals surface area contributed by atoms with Crippen molar-refractivity contribution in [3.05, 3.63) is 36.0 Å². The standard InChI is InChI=1S/C11H13NS/c1-8-4-3-5-11-10(8)6-7-12(11)9(2)13/h3-7,9,13H,1-2H3. The summed E-state index contributed by atoms with van der Waals surface area (Å²) in [6, 6.07) is 8.51. The average Bonchev–Trinajstić information content (AvgIpc) is 2.48. The fourth-order valence-electron chi connectivity index (χ4n) is 1.67. The van der Waals surface area contributed by atoms with Crippen molar-refractivity contribution >= 4 is 23.5 Å². The molecule has 1 unspecified atom stereocenters. The van der Waals surface area contributed by atoms with Crippen LogP contribution in [-0.2, 0) is 0 Å². The number of benzene rings is 1. The van der Waals surface area contributed by atoms with E-state index in [2.05, 4.69) is 61.5 Å². The highest BCUT2D eigenvalue weighted by Crippen LogP contribution is 2.23. The van der Waals surface area contributed by atoms with Gasteiger partial charge in [-0.3, -0.25) is 0 Å². The van der Waals surface area contributed by atoms with Gasteiger partial charge in [-0.25, -0.2) is 0 Å². The fourth-order valence-corrected chi connectivity index (χ4v) is 1.87. The molecule has 0 spiro atoms. The Bertz CT molecular complexity index is 429. The smallest absolute Gasteiger partial charge is 0.0736 e. The predicted octanol–water partition coefficient (Wildman–Crippen LogP) is 3.40. The van der Waals surface area contributed by atoms with Crippen LogP contribution in [0, 0.1) is 6.92 Å². The number of hydrogen-bond acceptors (Lipinski definition) is 1. The van der Waals surface area contributed by atoms with Gasteiger partial charge in [0.15, 0.2) is 0 Å². The predicted molar refractivity (Wildman–Crippen MR) is 60.4 cm³/mol. The third kappa shape index (κ3) is 1.35. The lowest BCUT2D eigenvalue weighted by molar-refractivity contribution is 0.779. The molecule has 0 fully saturated rings. The van der Waals surface area contributed by atoms with Crippen molar-refractivity contribution in [2.75, 3.05) is 0 Å². The van der Waals surface area contributed by atoms with Gasteiger partial charge in [0.25, 0.3) is 0 Å². The van der Waals surface area contributed by atoms with E-state index in [1.165, 1.54) is 16.5 Å². The maximum Gasteiger partial charge on any atom is 0.0736 e. The molecular formula is C11H13NS. The van der Waals surface area contributed by atoms with E-state index >= 15 is 0 Å². The molecule has 2 rings (SSSR count). The molecule has 0 saturated carbocycles. The second-order valence-electron chi connectivity index (χ2n) is 3.36. The van der Waals surface area contributed by atoms with E-state index in [1.54, 1.807) is 0 Å². The van der Waals surface area contributed by atoms with Gasteiger partial charge in [-0.2, -0.15) is 12.6 Å². The van der Waals surface area contributed by atoms with E-state index in [4.69, 9.17) is 0 Å². The van der Waals surface area contributed by atoms with Crippen molar-refractivity contribution in [2.45, 2.75) is 19.2 Å². The topological polar surface area (TPSA) is 4.93 Å². The molecule has 0 radical (unpaired) electrons. The van der Waals surface area contributed by atoms with E-state index in [0.29, 0.717) is 0 Å². The zero-order valence-corrected chi connectivity index (χ0v) is 8.75. The Labute approximate surface area is 83.8 Å². The first-order chi connectivity index (χ1) is 6.20. The Morgan fingerprint density at radius 1 is 1.31 bits per heavy atom. The van der Waals surface area contributed by atoms with Gasteiger partial charge in [0.05, 0.1) is 5.37 Å². The number of rotatable bonds is 1. The Balaban J connectivity index is 2.75. The largest absolute Gasteiger partial charge is 0.336 e. The molecule has 2 aromatic rings. The number of hydrogen-bond donors (Lipinski definition) is 1. The van der Waals surface area contributed by atoms with Gasteiger partial charge in [0.1, 0.15) is 0 Å². The summed E-state index contributed by atoms with van der Waals surface area (Å²) >= 11 is 4.43. The molecule has 0 amide bonds. The van der Waals surface area contributed by atoms with Crippen molar-refractivity contribution in [2.24, 2.45) is 0 Å². The van der Waals surface area contributed by atoms with Crippen LogP contribution in [0.5, 0.6) is 0 Å². The molecule has 68 valence electrons. The first kappa shape index (κ1) is 8.70. The second-order valence-corrected chi connectivity index (χ2v) is 4.11. The SMILES string of the molecule is Cc1cccc2c1ccn2C(C)S. The summed E-state index contributed by atoms with van der Waals surface area (Å²) in [6.07, 6.45) is 2.09. The second kappa shape index (κ2) is 3.11. The molecule has 0 saturated heterocycles. The van der Waals surface area contributed by atoms with Crippen LogP contribution in [0.4, 0.5) is 0 Å². The minimum Gasteiger partial charge on any atom is -0.336 e. The fraction of sp³-hybridized carbons (Fsp3) is 0.273. The zero-order valence-electron chi connectivity index (χ0n) is 7.86. The number of aryl methyl sites for hydroxylation is 1. The highest BCUT2D eigenvalue weighted by molar-refractivity contribution is 7.80. The minimum absolute atomic E-state index is 0.235. The van der Waals surface area contributed by atoms with Gasteiger partial charge < -0.3 is 4.57 Å². The summed E-state index contributed by atoms with van der Waals surface area (Å²) in [7, 11) is 0. The van der Waals surface area contributed by atoms with Gasteiger partial charge in [-0.05, 0) is 31.5 Å². The summed E-state index contributed by atoms with van der Waals surface area (Å²) < 4.78 is 2.17. The van der Waals surface area contributed by atoms with Crippen molar-refractivity contribution in [3.8, 4) is 0 Å². The molecule has 0 aliphatic carbocycles. The molecule has 0 bridgehead atoms. The molecule has 0 aliphatic rings. The third-order valence-corrected chi connectivity index (χ3v) is 2.63. The van der Waals surface area contributed by atoms with Crippen LogP contribution in [0.2, 0.25) is 0 Å². The Kier molecular flexibility index (Phi) is 2.08. The van der Waals surface area contributed by atoms with Crippen LogP contribution in [0.1, 0.15) is 17.9 Å². The number of thiol groups is 1. The molecule has 1 aromatic heterocycles. The Morgan fingerprint density at radius 3 is 2.77 bits per heavy atom. The lowest BCUT2D eigenvalue weighted by Crippen LogP contribution is -1.95. The highest BCUT2D eigenvalue weighted by Gasteiger charge is 2.04. The van der Waals surface area contributed by atoms with Crippen LogP contribution < -0.4 is 0 Å². The maximum atomic E-state index is 4.43. The Hall–Kier alpha value is -0.890. The number of aromatic nitrogens is 1. The quantitative estimate of drug-likeness (QED) is 0.659. The molecule has 1 aromatic carbocycles. The maximum absolute atomic E-state index is 4.43. The average molecular weight is 191 g/mol.